The zero-order chi connectivity index (χ0) is 24.7. The van der Waals surface area contributed by atoms with Crippen LogP contribution >= 0.6 is 11.6 Å². The number of methoxy groups -OCH3 is 1. The van der Waals surface area contributed by atoms with E-state index in [1.165, 1.54) is 13.3 Å². The summed E-state index contributed by atoms with van der Waals surface area (Å²) in [6, 6.07) is 10.2. The predicted molar refractivity (Wildman–Crippen MR) is 131 cm³/mol. The summed E-state index contributed by atoms with van der Waals surface area (Å²) in [6.45, 7) is 3.04. The lowest BCUT2D eigenvalue weighted by atomic mass is 9.57. The molecule has 10 heteroatoms. The van der Waals surface area contributed by atoms with Crippen LogP contribution in [0.2, 0.25) is 5.02 Å². The lowest BCUT2D eigenvalue weighted by Crippen LogP contribution is -2.62. The van der Waals surface area contributed by atoms with Gasteiger partial charge in [-0.2, -0.15) is 5.26 Å². The minimum Gasteiger partial charge on any atom is -0.493 e. The minimum atomic E-state index is -0.449. The van der Waals surface area contributed by atoms with Gasteiger partial charge in [0, 0.05) is 42.1 Å². The van der Waals surface area contributed by atoms with Gasteiger partial charge in [0.15, 0.2) is 17.4 Å². The highest BCUT2D eigenvalue weighted by Crippen LogP contribution is 2.57. The van der Waals surface area contributed by atoms with Crippen LogP contribution in [0.3, 0.4) is 0 Å². The van der Waals surface area contributed by atoms with Crippen molar-refractivity contribution in [1.82, 2.24) is 24.6 Å². The molecule has 2 aromatic heterocycles. The zero-order valence-electron chi connectivity index (χ0n) is 19.9. The average Bonchev–Trinajstić information content (AvgIpc) is 3.56. The molecule has 0 N–H and O–H groups in total. The third kappa shape index (κ3) is 3.24. The fourth-order valence-corrected chi connectivity index (χ4v) is 6.50. The van der Waals surface area contributed by atoms with Crippen molar-refractivity contribution in [2.45, 2.75) is 50.2 Å². The zero-order valence-corrected chi connectivity index (χ0v) is 20.7. The maximum Gasteiger partial charge on any atom is 0.183 e. The van der Waals surface area contributed by atoms with Gasteiger partial charge in [-0.3, -0.25) is 9.47 Å². The summed E-state index contributed by atoms with van der Waals surface area (Å²) in [5.41, 5.74) is 1.97. The van der Waals surface area contributed by atoms with Gasteiger partial charge in [-0.15, -0.1) is 10.2 Å². The number of fused-ring (bicyclic) bond motifs is 3. The number of pyridine rings is 1. The number of nitrogens with zero attached hydrogens (tertiary/aromatic N) is 7. The SMILES string of the molecule is COc1cc(N2CC3(CC(c4nnc5n4-c4ccc(Cl)cc4CN(C4(C#N)CC4)C5)C3)C2)ncc1F. The molecule has 0 radical (unpaired) electrons. The fraction of sp³-hybridized carbons (Fsp3) is 0.462. The second-order valence-corrected chi connectivity index (χ2v) is 11.2. The van der Waals surface area contributed by atoms with E-state index in [1.54, 1.807) is 6.07 Å². The van der Waals surface area contributed by atoms with E-state index < -0.39 is 11.4 Å². The third-order valence-electron chi connectivity index (χ3n) is 8.39. The maximum absolute atomic E-state index is 13.8. The van der Waals surface area contributed by atoms with E-state index in [9.17, 15) is 9.65 Å². The number of anilines is 1. The molecule has 0 amide bonds. The van der Waals surface area contributed by atoms with Crippen LogP contribution in [0.1, 0.15) is 48.8 Å². The lowest BCUT2D eigenvalue weighted by molar-refractivity contribution is 0.0581. The van der Waals surface area contributed by atoms with Gasteiger partial charge in [0.2, 0.25) is 0 Å². The molecule has 36 heavy (non-hydrogen) atoms. The monoisotopic (exact) mass is 505 g/mol. The Balaban J connectivity index is 1.13. The highest BCUT2D eigenvalue weighted by atomic mass is 35.5. The van der Waals surface area contributed by atoms with Gasteiger partial charge in [0.1, 0.15) is 17.2 Å². The van der Waals surface area contributed by atoms with Crippen LogP contribution in [0.25, 0.3) is 5.69 Å². The Hall–Kier alpha value is -3.22. The first-order valence-electron chi connectivity index (χ1n) is 12.3. The van der Waals surface area contributed by atoms with Crippen molar-refractivity contribution in [3.8, 4) is 17.5 Å². The highest BCUT2D eigenvalue weighted by Gasteiger charge is 2.55. The predicted octanol–water partition coefficient (Wildman–Crippen LogP) is 4.22. The molecule has 0 unspecified atom stereocenters. The Kier molecular flexibility index (Phi) is 4.67. The smallest absolute Gasteiger partial charge is 0.183 e. The molecule has 184 valence electrons. The maximum atomic E-state index is 13.8. The van der Waals surface area contributed by atoms with Crippen LogP contribution in [-0.4, -0.2) is 50.4 Å². The van der Waals surface area contributed by atoms with Crippen LogP contribution < -0.4 is 9.64 Å². The van der Waals surface area contributed by atoms with Gasteiger partial charge in [0.25, 0.3) is 0 Å². The molecule has 4 aliphatic rings. The normalized spacial score (nSPS) is 21.6. The van der Waals surface area contributed by atoms with Gasteiger partial charge in [-0.05, 0) is 49.4 Å². The van der Waals surface area contributed by atoms with E-state index in [-0.39, 0.29) is 11.2 Å². The summed E-state index contributed by atoms with van der Waals surface area (Å²) in [6.07, 6.45) is 5.04. The number of hydrogen-bond donors (Lipinski definition) is 0. The van der Waals surface area contributed by atoms with Crippen LogP contribution in [0.15, 0.2) is 30.5 Å². The van der Waals surface area contributed by atoms with Crippen molar-refractivity contribution in [2.75, 3.05) is 25.1 Å². The highest BCUT2D eigenvalue weighted by molar-refractivity contribution is 6.30. The van der Waals surface area contributed by atoms with Crippen LogP contribution in [0.4, 0.5) is 10.2 Å². The van der Waals surface area contributed by atoms with Crippen molar-refractivity contribution in [3.63, 3.8) is 0 Å². The molecule has 2 aliphatic carbocycles. The average molecular weight is 506 g/mol. The molecule has 3 fully saturated rings. The number of hydrogen-bond acceptors (Lipinski definition) is 7. The molecule has 1 aromatic carbocycles. The molecule has 1 saturated heterocycles. The largest absolute Gasteiger partial charge is 0.493 e. The summed E-state index contributed by atoms with van der Waals surface area (Å²) in [5, 5.41) is 19.8. The molecule has 1 spiro atoms. The van der Waals surface area contributed by atoms with Crippen LogP contribution in [-0.2, 0) is 13.1 Å². The minimum absolute atomic E-state index is 0.218. The molecule has 8 nitrogen and oxygen atoms in total. The van der Waals surface area contributed by atoms with Gasteiger partial charge in [-0.1, -0.05) is 11.6 Å². The molecule has 0 atom stereocenters. The number of ether oxygens (including phenoxy) is 1. The summed E-state index contributed by atoms with van der Waals surface area (Å²) in [4.78, 5) is 8.65. The standard InChI is InChI=1S/C26H25ClFN7O/c1-36-21-7-22(30-10-19(21)28)33-14-25(15-33)8-17(9-25)24-32-31-23-12-34(26(13-29)4-5-26)11-16-6-18(27)2-3-20(16)35(23)24/h2-3,6-7,10,17H,4-5,8-9,11-12,14-15H2,1H3. The number of rotatable bonds is 4. The molecular formula is C26H25ClFN7O. The van der Waals surface area contributed by atoms with E-state index in [0.717, 1.165) is 67.5 Å². The Morgan fingerprint density at radius 3 is 2.69 bits per heavy atom. The van der Waals surface area contributed by atoms with E-state index in [0.29, 0.717) is 24.0 Å². The molecule has 3 aromatic rings. The molecule has 7 rings (SSSR count). The quantitative estimate of drug-likeness (QED) is 0.525. The molecule has 2 aliphatic heterocycles. The van der Waals surface area contributed by atoms with Gasteiger partial charge < -0.3 is 9.64 Å². The van der Waals surface area contributed by atoms with Gasteiger partial charge in [-0.25, -0.2) is 9.37 Å². The first kappa shape index (κ1) is 22.0. The third-order valence-corrected chi connectivity index (χ3v) is 8.63. The van der Waals surface area contributed by atoms with Crippen molar-refractivity contribution in [1.29, 1.82) is 5.26 Å². The van der Waals surface area contributed by atoms with E-state index in [1.807, 2.05) is 12.1 Å². The van der Waals surface area contributed by atoms with Gasteiger partial charge in [0.05, 0.1) is 31.6 Å². The Morgan fingerprint density at radius 2 is 1.97 bits per heavy atom. The Bertz CT molecular complexity index is 1410. The summed E-state index contributed by atoms with van der Waals surface area (Å²) in [7, 11) is 1.47. The van der Waals surface area contributed by atoms with E-state index >= 15 is 0 Å². The molecule has 0 bridgehead atoms. The number of nitriles is 1. The van der Waals surface area contributed by atoms with E-state index in [2.05, 4.69) is 41.7 Å². The fourth-order valence-electron chi connectivity index (χ4n) is 6.30. The second-order valence-electron chi connectivity index (χ2n) is 10.7. The second kappa shape index (κ2) is 7.64. The van der Waals surface area contributed by atoms with Crippen LogP contribution in [0.5, 0.6) is 5.75 Å². The Labute approximate surface area is 213 Å². The van der Waals surface area contributed by atoms with Gasteiger partial charge >= 0.3 is 0 Å². The summed E-state index contributed by atoms with van der Waals surface area (Å²) in [5.74, 6) is 2.70. The summed E-state index contributed by atoms with van der Waals surface area (Å²) < 4.78 is 21.1. The van der Waals surface area contributed by atoms with Crippen molar-refractivity contribution in [3.05, 3.63) is 58.5 Å². The Morgan fingerprint density at radius 1 is 1.17 bits per heavy atom. The number of halogens is 2. The number of benzene rings is 1. The lowest BCUT2D eigenvalue weighted by Gasteiger charge is -2.59. The van der Waals surface area contributed by atoms with Crippen LogP contribution in [0, 0.1) is 22.6 Å². The summed E-state index contributed by atoms with van der Waals surface area (Å²) >= 11 is 6.38. The topological polar surface area (TPSA) is 83.1 Å². The first-order valence-corrected chi connectivity index (χ1v) is 12.6. The first-order chi connectivity index (χ1) is 17.4. The molecule has 4 heterocycles. The van der Waals surface area contributed by atoms with Crippen molar-refractivity contribution < 1.29 is 9.13 Å². The van der Waals surface area contributed by atoms with Crippen molar-refractivity contribution >= 4 is 17.4 Å². The van der Waals surface area contributed by atoms with E-state index in [4.69, 9.17) is 16.3 Å². The van der Waals surface area contributed by atoms with Crippen molar-refractivity contribution in [2.24, 2.45) is 5.41 Å². The molecule has 2 saturated carbocycles. The molecular weight excluding hydrogens is 481 g/mol. The number of aromatic nitrogens is 4.